The molecule has 1 N–H and O–H groups in total. The number of terminal acetylenes is 1. The van der Waals surface area contributed by atoms with Gasteiger partial charge in [-0.15, -0.1) is 12.3 Å². The molecule has 0 fully saturated rings. The summed E-state index contributed by atoms with van der Waals surface area (Å²) >= 11 is 0. The number of carbonyl (C=O) groups is 1. The largest absolute Gasteiger partial charge is 0.352 e. The van der Waals surface area contributed by atoms with Crippen molar-refractivity contribution in [1.29, 1.82) is 0 Å². The van der Waals surface area contributed by atoms with Gasteiger partial charge in [-0.2, -0.15) is 15.3 Å². The van der Waals surface area contributed by atoms with Crippen LogP contribution in [0.4, 0.5) is 0 Å². The Morgan fingerprint density at radius 1 is 1.33 bits per heavy atom. The summed E-state index contributed by atoms with van der Waals surface area (Å²) in [7, 11) is 1.86. The second kappa shape index (κ2) is 6.68. The molecule has 0 radical (unpaired) electrons. The molecule has 1 aliphatic rings. The van der Waals surface area contributed by atoms with Crippen molar-refractivity contribution >= 4 is 11.6 Å². The van der Waals surface area contributed by atoms with Gasteiger partial charge >= 0.3 is 0 Å². The second-order valence-electron chi connectivity index (χ2n) is 6.60. The first kappa shape index (κ1) is 17.0. The summed E-state index contributed by atoms with van der Waals surface area (Å²) < 4.78 is 3.61. The molecule has 8 heteroatoms. The first-order valence-electron chi connectivity index (χ1n) is 8.72. The molecular weight excluding hydrogens is 342 g/mol. The van der Waals surface area contributed by atoms with Crippen LogP contribution in [0.2, 0.25) is 0 Å². The van der Waals surface area contributed by atoms with Crippen molar-refractivity contribution in [1.82, 2.24) is 24.5 Å². The van der Waals surface area contributed by atoms with Crippen LogP contribution in [0.3, 0.4) is 0 Å². The number of nitrogens with one attached hydrogen (secondary N) is 1. The monoisotopic (exact) mass is 361 g/mol. The number of hydrogen-bond acceptors (Lipinski definition) is 5. The summed E-state index contributed by atoms with van der Waals surface area (Å²) in [6.45, 7) is 0.497. The number of fused-ring (bicyclic) bond motifs is 1. The van der Waals surface area contributed by atoms with Crippen molar-refractivity contribution in [3.05, 3.63) is 42.5 Å². The molecule has 0 aromatic carbocycles. The van der Waals surface area contributed by atoms with E-state index in [0.29, 0.717) is 30.6 Å². The number of rotatable bonds is 7. The summed E-state index contributed by atoms with van der Waals surface area (Å²) in [6, 6.07) is 3.55. The van der Waals surface area contributed by atoms with Crippen LogP contribution in [0, 0.1) is 12.3 Å². The van der Waals surface area contributed by atoms with E-state index in [0.717, 1.165) is 17.7 Å². The van der Waals surface area contributed by atoms with Gasteiger partial charge in [0.1, 0.15) is 5.65 Å². The molecule has 3 aromatic rings. The third-order valence-electron chi connectivity index (χ3n) is 4.59. The fourth-order valence-corrected chi connectivity index (χ4v) is 2.96. The van der Waals surface area contributed by atoms with Crippen molar-refractivity contribution in [3.63, 3.8) is 0 Å². The minimum Gasteiger partial charge on any atom is -0.352 e. The van der Waals surface area contributed by atoms with Gasteiger partial charge in [-0.3, -0.25) is 9.48 Å². The molecule has 0 aliphatic carbocycles. The van der Waals surface area contributed by atoms with Crippen LogP contribution in [0.1, 0.15) is 29.6 Å². The van der Waals surface area contributed by atoms with Crippen LogP contribution in [0.15, 0.2) is 47.1 Å². The first-order chi connectivity index (χ1) is 13.1. The highest BCUT2D eigenvalue weighted by Gasteiger charge is 2.38. The van der Waals surface area contributed by atoms with E-state index in [1.54, 1.807) is 23.0 Å². The van der Waals surface area contributed by atoms with Gasteiger partial charge in [-0.05, 0) is 12.1 Å². The van der Waals surface area contributed by atoms with Crippen molar-refractivity contribution in [3.8, 4) is 23.6 Å². The van der Waals surface area contributed by atoms with Crippen LogP contribution in [-0.4, -0.2) is 37.3 Å². The zero-order valence-corrected chi connectivity index (χ0v) is 15.0. The molecule has 0 saturated carbocycles. The predicted molar refractivity (Wildman–Crippen MR) is 100.0 cm³/mol. The fourth-order valence-electron chi connectivity index (χ4n) is 2.96. The fraction of sp³-hybridized carbons (Fsp3) is 0.316. The molecule has 1 aliphatic heterocycles. The average molecular weight is 361 g/mol. The zero-order valence-electron chi connectivity index (χ0n) is 15.0. The molecule has 4 heterocycles. The van der Waals surface area contributed by atoms with Gasteiger partial charge in [0.05, 0.1) is 11.9 Å². The Labute approximate surface area is 156 Å². The van der Waals surface area contributed by atoms with Crippen LogP contribution in [-0.2, 0) is 7.05 Å². The molecule has 0 bridgehead atoms. The Balaban J connectivity index is 1.41. The molecule has 0 saturated heterocycles. The third kappa shape index (κ3) is 3.58. The molecule has 1 amide bonds. The number of aryl methyl sites for hydroxylation is 1. The zero-order chi connectivity index (χ0) is 18.9. The quantitative estimate of drug-likeness (QED) is 0.656. The summed E-state index contributed by atoms with van der Waals surface area (Å²) in [4.78, 5) is 17.0. The van der Waals surface area contributed by atoms with Crippen molar-refractivity contribution in [2.75, 3.05) is 6.54 Å². The lowest BCUT2D eigenvalue weighted by molar-refractivity contribution is 0.0952. The van der Waals surface area contributed by atoms with Gasteiger partial charge < -0.3 is 9.72 Å². The highest BCUT2D eigenvalue weighted by atomic mass is 16.1. The van der Waals surface area contributed by atoms with Crippen molar-refractivity contribution < 1.29 is 4.79 Å². The van der Waals surface area contributed by atoms with Gasteiger partial charge in [0, 0.05) is 62.6 Å². The number of aromatic nitrogens is 4. The van der Waals surface area contributed by atoms with E-state index in [4.69, 9.17) is 6.42 Å². The van der Waals surface area contributed by atoms with Gasteiger partial charge in [-0.1, -0.05) is 0 Å². The van der Waals surface area contributed by atoms with E-state index in [1.807, 2.05) is 30.0 Å². The molecule has 0 atom stereocenters. The first-order valence-corrected chi connectivity index (χ1v) is 8.72. The molecular formula is C19H19N7O. The van der Waals surface area contributed by atoms with Crippen molar-refractivity contribution in [2.45, 2.75) is 24.9 Å². The minimum atomic E-state index is -0.384. The van der Waals surface area contributed by atoms with Crippen LogP contribution >= 0.6 is 0 Å². The highest BCUT2D eigenvalue weighted by molar-refractivity contribution is 5.95. The Morgan fingerprint density at radius 2 is 2.19 bits per heavy atom. The average Bonchev–Trinajstić information content (AvgIpc) is 3.09. The second-order valence-corrected chi connectivity index (χ2v) is 6.60. The van der Waals surface area contributed by atoms with Gasteiger partial charge in [-0.25, -0.2) is 4.98 Å². The molecule has 8 nitrogen and oxygen atoms in total. The summed E-state index contributed by atoms with van der Waals surface area (Å²) in [6.07, 6.45) is 14.7. The number of hydrogen-bond donors (Lipinski definition) is 1. The predicted octanol–water partition coefficient (Wildman–Crippen LogP) is 2.43. The van der Waals surface area contributed by atoms with E-state index in [9.17, 15) is 4.79 Å². The number of amides is 1. The van der Waals surface area contributed by atoms with Crippen molar-refractivity contribution in [2.24, 2.45) is 17.3 Å². The third-order valence-corrected chi connectivity index (χ3v) is 4.59. The highest BCUT2D eigenvalue weighted by Crippen LogP contribution is 2.36. The topological polar surface area (TPSA) is 88.9 Å². The number of carbonyl (C=O) groups excluding carboxylic acids is 1. The molecule has 136 valence electrons. The molecule has 27 heavy (non-hydrogen) atoms. The van der Waals surface area contributed by atoms with Crippen LogP contribution in [0.25, 0.3) is 16.9 Å². The lowest BCUT2D eigenvalue weighted by Crippen LogP contribution is -2.28. The van der Waals surface area contributed by atoms with Crippen LogP contribution in [0.5, 0.6) is 0 Å². The Hall–Kier alpha value is -3.47. The molecule has 0 unspecified atom stereocenters. The standard InChI is InChI=1S/C19H19N7O/c1-3-4-6-19(23-24-19)7-8-20-18(27)14-5-9-26-13-16(22-17(26)10-14)15-11-21-25(2)12-15/h1,5,9-13H,4,6-8H2,2H3,(H,20,27). The number of pyridine rings is 1. The van der Waals surface area contributed by atoms with E-state index in [1.165, 1.54) is 0 Å². The van der Waals surface area contributed by atoms with Gasteiger partial charge in [0.25, 0.3) is 5.91 Å². The number of imidazole rings is 1. The molecule has 4 rings (SSSR count). The Bertz CT molecular complexity index is 1060. The summed E-state index contributed by atoms with van der Waals surface area (Å²) in [5.41, 5.74) is 2.63. The van der Waals surface area contributed by atoms with E-state index in [2.05, 4.69) is 31.5 Å². The normalized spacial score (nSPS) is 14.2. The number of nitrogens with zero attached hydrogens (tertiary/aromatic N) is 6. The van der Waals surface area contributed by atoms with E-state index >= 15 is 0 Å². The minimum absolute atomic E-state index is 0.142. The van der Waals surface area contributed by atoms with Gasteiger partial charge in [0.2, 0.25) is 0 Å². The maximum atomic E-state index is 12.4. The lowest BCUT2D eigenvalue weighted by Gasteiger charge is -2.10. The Kier molecular flexibility index (Phi) is 4.20. The lowest BCUT2D eigenvalue weighted by atomic mass is 10.0. The maximum Gasteiger partial charge on any atom is 0.251 e. The molecule has 0 spiro atoms. The molecule has 3 aromatic heterocycles. The van der Waals surface area contributed by atoms with E-state index in [-0.39, 0.29) is 11.6 Å². The maximum absolute atomic E-state index is 12.4. The van der Waals surface area contributed by atoms with Crippen LogP contribution < -0.4 is 5.32 Å². The Morgan fingerprint density at radius 3 is 2.89 bits per heavy atom. The van der Waals surface area contributed by atoms with Gasteiger partial charge in [0.15, 0.2) is 5.66 Å². The smallest absolute Gasteiger partial charge is 0.251 e. The summed E-state index contributed by atoms with van der Waals surface area (Å²) in [5.74, 6) is 2.46. The van der Waals surface area contributed by atoms with E-state index < -0.39 is 0 Å². The summed E-state index contributed by atoms with van der Waals surface area (Å²) in [5, 5.41) is 15.2. The SMILES string of the molecule is C#CCCC1(CCNC(=O)c2ccn3cc(-c4cnn(C)c4)nc3c2)N=N1.